The van der Waals surface area contributed by atoms with Gasteiger partial charge in [-0.15, -0.1) is 10.2 Å². The number of carbonyl (C=O) groups excluding carboxylic acids is 1. The van der Waals surface area contributed by atoms with Crippen LogP contribution in [-0.2, 0) is 4.79 Å². The van der Waals surface area contributed by atoms with E-state index in [0.717, 1.165) is 11.5 Å². The molecule has 0 aliphatic carbocycles. The third kappa shape index (κ3) is 4.65. The molecule has 0 radical (unpaired) electrons. The van der Waals surface area contributed by atoms with E-state index in [0.29, 0.717) is 38.6 Å². The second-order valence-electron chi connectivity index (χ2n) is 7.09. The van der Waals surface area contributed by atoms with Crippen molar-refractivity contribution in [3.63, 3.8) is 0 Å². The van der Waals surface area contributed by atoms with Crippen molar-refractivity contribution < 1.29 is 4.79 Å². The number of pyridine rings is 1. The number of aliphatic imine (C=N–C) groups is 1. The molecule has 0 bridgehead atoms. The predicted octanol–water partition coefficient (Wildman–Crippen LogP) is 3.05. The normalized spacial score (nSPS) is 12.2. The Morgan fingerprint density at radius 3 is 2.47 bits per heavy atom. The molecular formula is C21H18Cl2N10O. The fourth-order valence-corrected chi connectivity index (χ4v) is 3.61. The molecule has 0 saturated carbocycles. The van der Waals surface area contributed by atoms with E-state index in [4.69, 9.17) is 34.7 Å². The number of primary amides is 1. The molecule has 11 nitrogen and oxygen atoms in total. The number of amides is 1. The van der Waals surface area contributed by atoms with Crippen molar-refractivity contribution in [2.75, 3.05) is 5.43 Å². The SMILES string of the molecule is Cc1cc2nnc(-c3ccc(N=C(N)/C(=N\Nc4c(Cl)cccc4Cl)C(N)=O)cn3)n2c(C)n1. The van der Waals surface area contributed by atoms with Gasteiger partial charge in [0.2, 0.25) is 0 Å². The molecule has 13 heteroatoms. The molecule has 5 N–H and O–H groups in total. The van der Waals surface area contributed by atoms with E-state index in [9.17, 15) is 4.79 Å². The Bertz CT molecular complexity index is 1440. The first kappa shape index (κ1) is 23.1. The molecule has 4 aromatic rings. The molecule has 1 aromatic carbocycles. The number of rotatable bonds is 6. The molecule has 3 aromatic heterocycles. The van der Waals surface area contributed by atoms with Gasteiger partial charge in [-0.2, -0.15) is 5.10 Å². The maximum atomic E-state index is 11.9. The van der Waals surface area contributed by atoms with E-state index in [1.807, 2.05) is 19.9 Å². The van der Waals surface area contributed by atoms with Crippen LogP contribution in [0.15, 0.2) is 52.7 Å². The van der Waals surface area contributed by atoms with Gasteiger partial charge in [0, 0.05) is 11.8 Å². The smallest absolute Gasteiger partial charge is 0.272 e. The summed E-state index contributed by atoms with van der Waals surface area (Å²) >= 11 is 12.2. The predicted molar refractivity (Wildman–Crippen MR) is 131 cm³/mol. The molecule has 1 amide bonds. The number of fused-ring (bicyclic) bond motifs is 1. The number of hydrogen-bond acceptors (Lipinski definition) is 8. The number of aryl methyl sites for hydroxylation is 2. The quantitative estimate of drug-likeness (QED) is 0.209. The molecule has 4 rings (SSSR count). The molecule has 0 aliphatic rings. The largest absolute Gasteiger partial charge is 0.382 e. The van der Waals surface area contributed by atoms with E-state index in [1.165, 1.54) is 6.20 Å². The Hall–Kier alpha value is -4.09. The van der Waals surface area contributed by atoms with E-state index in [2.05, 4.69) is 35.7 Å². The Kier molecular flexibility index (Phi) is 6.39. The van der Waals surface area contributed by atoms with Gasteiger partial charge in [-0.25, -0.2) is 9.98 Å². The second kappa shape index (κ2) is 9.41. The van der Waals surface area contributed by atoms with Gasteiger partial charge in [-0.1, -0.05) is 29.3 Å². The number of amidine groups is 1. The number of hydrazone groups is 1. The van der Waals surface area contributed by atoms with Gasteiger partial charge in [-0.05, 0) is 38.1 Å². The Balaban J connectivity index is 1.61. The first-order valence-corrected chi connectivity index (χ1v) is 10.6. The van der Waals surface area contributed by atoms with Crippen LogP contribution in [0.3, 0.4) is 0 Å². The number of aromatic nitrogens is 5. The minimum atomic E-state index is -0.894. The number of hydrogen-bond donors (Lipinski definition) is 3. The van der Waals surface area contributed by atoms with Gasteiger partial charge in [0.1, 0.15) is 11.5 Å². The Morgan fingerprint density at radius 1 is 1.09 bits per heavy atom. The van der Waals surface area contributed by atoms with Crippen LogP contribution < -0.4 is 16.9 Å². The minimum absolute atomic E-state index is 0.221. The Labute approximate surface area is 203 Å². The van der Waals surface area contributed by atoms with Crippen molar-refractivity contribution in [2.45, 2.75) is 13.8 Å². The molecule has 0 aliphatic heterocycles. The summed E-state index contributed by atoms with van der Waals surface area (Å²) in [4.78, 5) is 24.9. The maximum absolute atomic E-state index is 11.9. The number of para-hydroxylation sites is 1. The van der Waals surface area contributed by atoms with Gasteiger partial charge < -0.3 is 11.5 Å². The molecule has 3 heterocycles. The topological polar surface area (TPSA) is 162 Å². The molecule has 0 spiro atoms. The number of benzene rings is 1. The second-order valence-corrected chi connectivity index (χ2v) is 7.91. The zero-order valence-corrected chi connectivity index (χ0v) is 19.5. The van der Waals surface area contributed by atoms with Gasteiger partial charge in [0.15, 0.2) is 23.0 Å². The standard InChI is InChI=1S/C21H18Cl2N10O/c1-10-8-16-29-32-21(33(16)11(2)27-10)15-7-6-12(9-26-15)28-19(24)18(20(25)34)31-30-17-13(22)4-3-5-14(17)23/h3-9,30H,1-2H3,(H2,24,28)(H2,25,34)/b31-18+. The molecule has 0 atom stereocenters. The summed E-state index contributed by atoms with van der Waals surface area (Å²) in [6, 6.07) is 10.1. The Morgan fingerprint density at radius 2 is 1.82 bits per heavy atom. The summed E-state index contributed by atoms with van der Waals surface area (Å²) in [6.07, 6.45) is 1.47. The fraction of sp³-hybridized carbons (Fsp3) is 0.0952. The van der Waals surface area contributed by atoms with E-state index in [-0.39, 0.29) is 11.5 Å². The van der Waals surface area contributed by atoms with Crippen molar-refractivity contribution in [1.82, 2.24) is 24.6 Å². The number of nitrogens with two attached hydrogens (primary N) is 2. The average molecular weight is 497 g/mol. The number of anilines is 1. The summed E-state index contributed by atoms with van der Waals surface area (Å²) in [7, 11) is 0. The van der Waals surface area contributed by atoms with Gasteiger partial charge >= 0.3 is 0 Å². The minimum Gasteiger partial charge on any atom is -0.382 e. The van der Waals surface area contributed by atoms with Crippen molar-refractivity contribution in [3.05, 3.63) is 64.2 Å². The monoisotopic (exact) mass is 496 g/mol. The molecule has 0 fully saturated rings. The fourth-order valence-electron chi connectivity index (χ4n) is 3.13. The van der Waals surface area contributed by atoms with Crippen molar-refractivity contribution in [2.24, 2.45) is 21.6 Å². The summed E-state index contributed by atoms with van der Waals surface area (Å²) in [5, 5.41) is 12.9. The van der Waals surface area contributed by atoms with Crippen LogP contribution in [0.5, 0.6) is 0 Å². The molecule has 0 saturated heterocycles. The molecule has 0 unspecified atom stereocenters. The van der Waals surface area contributed by atoms with Crippen molar-refractivity contribution in [1.29, 1.82) is 0 Å². The van der Waals surface area contributed by atoms with Crippen LogP contribution >= 0.6 is 23.2 Å². The van der Waals surface area contributed by atoms with Crippen LogP contribution in [0.1, 0.15) is 11.5 Å². The summed E-state index contributed by atoms with van der Waals surface area (Å²) in [5.74, 6) is 0.149. The maximum Gasteiger partial charge on any atom is 0.272 e. The number of halogens is 2. The zero-order valence-electron chi connectivity index (χ0n) is 18.0. The molecular weight excluding hydrogens is 479 g/mol. The van der Waals surface area contributed by atoms with Gasteiger partial charge in [0.05, 0.1) is 27.6 Å². The molecule has 34 heavy (non-hydrogen) atoms. The first-order valence-electron chi connectivity index (χ1n) is 9.82. The highest BCUT2D eigenvalue weighted by Crippen LogP contribution is 2.29. The number of nitrogens with one attached hydrogen (secondary N) is 1. The van der Waals surface area contributed by atoms with Crippen LogP contribution in [0.2, 0.25) is 10.0 Å². The van der Waals surface area contributed by atoms with Gasteiger partial charge in [-0.3, -0.25) is 19.6 Å². The highest BCUT2D eigenvalue weighted by molar-refractivity contribution is 6.66. The van der Waals surface area contributed by atoms with Crippen LogP contribution in [0.4, 0.5) is 11.4 Å². The zero-order chi connectivity index (χ0) is 24.4. The van der Waals surface area contributed by atoms with E-state index in [1.54, 1.807) is 34.7 Å². The third-order valence-electron chi connectivity index (χ3n) is 4.63. The molecule has 172 valence electrons. The lowest BCUT2D eigenvalue weighted by atomic mass is 10.3. The lowest BCUT2D eigenvalue weighted by molar-refractivity contribution is -0.111. The van der Waals surface area contributed by atoms with Gasteiger partial charge in [0.25, 0.3) is 5.91 Å². The summed E-state index contributed by atoms with van der Waals surface area (Å²) in [5.41, 5.74) is 16.4. The highest BCUT2D eigenvalue weighted by atomic mass is 35.5. The highest BCUT2D eigenvalue weighted by Gasteiger charge is 2.15. The number of nitrogens with zero attached hydrogens (tertiary/aromatic N) is 7. The number of carbonyl (C=O) groups is 1. The average Bonchev–Trinajstić information content (AvgIpc) is 3.20. The van der Waals surface area contributed by atoms with Crippen LogP contribution in [-0.4, -0.2) is 42.0 Å². The lowest BCUT2D eigenvalue weighted by Crippen LogP contribution is -2.36. The summed E-state index contributed by atoms with van der Waals surface area (Å²) in [6.45, 7) is 3.75. The van der Waals surface area contributed by atoms with Crippen LogP contribution in [0, 0.1) is 13.8 Å². The van der Waals surface area contributed by atoms with Crippen molar-refractivity contribution >= 4 is 57.7 Å². The van der Waals surface area contributed by atoms with Crippen molar-refractivity contribution in [3.8, 4) is 11.5 Å². The van der Waals surface area contributed by atoms with E-state index < -0.39 is 5.91 Å². The third-order valence-corrected chi connectivity index (χ3v) is 5.26. The first-order chi connectivity index (χ1) is 16.2. The van der Waals surface area contributed by atoms with E-state index >= 15 is 0 Å². The summed E-state index contributed by atoms with van der Waals surface area (Å²) < 4.78 is 1.80. The lowest BCUT2D eigenvalue weighted by Gasteiger charge is -2.08. The van der Waals surface area contributed by atoms with Crippen LogP contribution in [0.25, 0.3) is 17.2 Å².